The summed E-state index contributed by atoms with van der Waals surface area (Å²) in [6.07, 6.45) is 1.36. The zero-order valence-corrected chi connectivity index (χ0v) is 20.6. The first-order chi connectivity index (χ1) is 17.9. The summed E-state index contributed by atoms with van der Waals surface area (Å²) in [6.45, 7) is 0.193. The smallest absolute Gasteiger partial charge is 0.404 e. The van der Waals surface area contributed by atoms with Gasteiger partial charge in [0.25, 0.3) is 5.91 Å². The minimum atomic E-state index is -1.11. The lowest BCUT2D eigenvalue weighted by Gasteiger charge is -2.16. The van der Waals surface area contributed by atoms with Crippen LogP contribution in [0.15, 0.2) is 83.4 Å². The molecular weight excluding hydrogens is 494 g/mol. The maximum Gasteiger partial charge on any atom is 0.404 e. The molecule has 3 aromatic carbocycles. The van der Waals surface area contributed by atoms with Gasteiger partial charge in [0.15, 0.2) is 5.76 Å². The van der Waals surface area contributed by atoms with Gasteiger partial charge in [-0.05, 0) is 65.9 Å². The highest BCUT2D eigenvalue weighted by Gasteiger charge is 2.21. The zero-order valence-electron chi connectivity index (χ0n) is 19.9. The van der Waals surface area contributed by atoms with Gasteiger partial charge in [0.2, 0.25) is 5.89 Å². The van der Waals surface area contributed by atoms with Crippen LogP contribution in [0.3, 0.4) is 0 Å². The summed E-state index contributed by atoms with van der Waals surface area (Å²) in [5, 5.41) is 24.0. The lowest BCUT2D eigenvalue weighted by Crippen LogP contribution is -2.30. The highest BCUT2D eigenvalue weighted by Crippen LogP contribution is 2.27. The number of rotatable bonds is 10. The molecule has 8 nitrogen and oxygen atoms in total. The minimum Gasteiger partial charge on any atom is -0.465 e. The molecule has 190 valence electrons. The van der Waals surface area contributed by atoms with E-state index in [0.717, 1.165) is 22.3 Å². The summed E-state index contributed by atoms with van der Waals surface area (Å²) in [5.41, 5.74) is 3.84. The second-order valence-corrected chi connectivity index (χ2v) is 8.84. The van der Waals surface area contributed by atoms with E-state index in [-0.39, 0.29) is 19.1 Å². The Morgan fingerprint density at radius 2 is 1.70 bits per heavy atom. The first kappa shape index (κ1) is 25.9. The predicted molar refractivity (Wildman–Crippen MR) is 140 cm³/mol. The number of oxazole rings is 1. The van der Waals surface area contributed by atoms with Crippen LogP contribution in [-0.2, 0) is 6.61 Å². The van der Waals surface area contributed by atoms with Crippen molar-refractivity contribution in [2.24, 2.45) is 0 Å². The average molecular weight is 520 g/mol. The van der Waals surface area contributed by atoms with Crippen LogP contribution in [0.1, 0.15) is 40.7 Å². The molecule has 1 atom stereocenters. The van der Waals surface area contributed by atoms with Gasteiger partial charge in [-0.3, -0.25) is 4.79 Å². The summed E-state index contributed by atoms with van der Waals surface area (Å²) in [7, 11) is 0. The van der Waals surface area contributed by atoms with Crippen molar-refractivity contribution in [1.29, 1.82) is 0 Å². The molecule has 0 bridgehead atoms. The van der Waals surface area contributed by atoms with Crippen LogP contribution in [0.25, 0.3) is 22.5 Å². The van der Waals surface area contributed by atoms with E-state index in [9.17, 15) is 14.7 Å². The Labute approximate surface area is 218 Å². The normalized spacial score (nSPS) is 11.6. The van der Waals surface area contributed by atoms with E-state index in [1.807, 2.05) is 42.5 Å². The molecule has 0 saturated carbocycles. The van der Waals surface area contributed by atoms with Crippen LogP contribution in [-0.4, -0.2) is 33.7 Å². The van der Waals surface area contributed by atoms with Gasteiger partial charge in [0.1, 0.15) is 6.04 Å². The number of nitrogens with zero attached hydrogens (tertiary/aromatic N) is 1. The molecule has 2 amide bonds. The quantitative estimate of drug-likeness (QED) is 0.200. The Morgan fingerprint density at radius 1 is 0.973 bits per heavy atom. The monoisotopic (exact) mass is 519 g/mol. The summed E-state index contributed by atoms with van der Waals surface area (Å²) < 4.78 is 5.98. The number of aromatic nitrogens is 1. The number of halogens is 1. The molecule has 0 saturated heterocycles. The fraction of sp³-hybridized carbons (Fsp3) is 0.179. The highest BCUT2D eigenvalue weighted by molar-refractivity contribution is 6.30. The van der Waals surface area contributed by atoms with Gasteiger partial charge < -0.3 is 25.3 Å². The molecule has 0 aliphatic heterocycles. The molecule has 37 heavy (non-hydrogen) atoms. The number of carboxylic acid groups (broad SMARTS) is 1. The number of hydrogen-bond donors (Lipinski definition) is 4. The lowest BCUT2D eigenvalue weighted by atomic mass is 10.0. The number of benzene rings is 3. The molecule has 4 N–H and O–H groups in total. The molecule has 1 aromatic heterocycles. The molecule has 4 rings (SSSR count). The number of amides is 2. The Balaban J connectivity index is 1.53. The van der Waals surface area contributed by atoms with Crippen molar-refractivity contribution in [3.05, 3.63) is 101 Å². The number of carbonyl (C=O) groups excluding carboxylic acids is 1. The van der Waals surface area contributed by atoms with Crippen molar-refractivity contribution in [2.75, 3.05) is 6.54 Å². The molecular formula is C28H26ClN3O5. The van der Waals surface area contributed by atoms with Gasteiger partial charge in [-0.2, -0.15) is 0 Å². The summed E-state index contributed by atoms with van der Waals surface area (Å²) >= 11 is 5.98. The van der Waals surface area contributed by atoms with E-state index in [1.165, 1.54) is 0 Å². The number of nitrogens with one attached hydrogen (secondary N) is 2. The van der Waals surface area contributed by atoms with Crippen molar-refractivity contribution >= 4 is 23.6 Å². The first-order valence-corrected chi connectivity index (χ1v) is 12.1. The topological polar surface area (TPSA) is 125 Å². The Morgan fingerprint density at radius 3 is 2.41 bits per heavy atom. The molecule has 1 unspecified atom stereocenters. The standard InChI is InChI=1S/C28H26ClN3O5/c29-23-12-10-20(11-13-23)25-16-31-27(37-25)24(5-2-14-30-28(35)36)32-26(34)22-4-1-3-21(15-22)19-8-6-18(17-33)7-9-19/h1,3-4,6-13,15-16,24,30,33H,2,5,14,17H2,(H,32,34)(H,35,36). The summed E-state index contributed by atoms with van der Waals surface area (Å²) in [4.78, 5) is 28.4. The molecule has 0 aliphatic rings. The minimum absolute atomic E-state index is 0.0351. The number of carbonyl (C=O) groups is 2. The maximum absolute atomic E-state index is 13.2. The van der Waals surface area contributed by atoms with Crippen LogP contribution < -0.4 is 10.6 Å². The third-order valence-electron chi connectivity index (χ3n) is 5.80. The number of aliphatic hydroxyl groups is 1. The Bertz CT molecular complexity index is 1350. The van der Waals surface area contributed by atoms with Gasteiger partial charge in [0.05, 0.1) is 12.8 Å². The van der Waals surface area contributed by atoms with E-state index >= 15 is 0 Å². The van der Waals surface area contributed by atoms with Crippen LogP contribution in [0, 0.1) is 0 Å². The van der Waals surface area contributed by atoms with Crippen LogP contribution in [0.5, 0.6) is 0 Å². The maximum atomic E-state index is 13.2. The fourth-order valence-corrected chi connectivity index (χ4v) is 3.97. The second-order valence-electron chi connectivity index (χ2n) is 8.41. The van der Waals surface area contributed by atoms with Crippen molar-refractivity contribution in [3.63, 3.8) is 0 Å². The van der Waals surface area contributed by atoms with E-state index < -0.39 is 12.1 Å². The van der Waals surface area contributed by atoms with Gasteiger partial charge in [-0.25, -0.2) is 9.78 Å². The second kappa shape index (κ2) is 12.2. The van der Waals surface area contributed by atoms with Gasteiger partial charge in [0, 0.05) is 22.7 Å². The highest BCUT2D eigenvalue weighted by atomic mass is 35.5. The van der Waals surface area contributed by atoms with E-state index in [4.69, 9.17) is 21.1 Å². The van der Waals surface area contributed by atoms with E-state index in [2.05, 4.69) is 15.6 Å². The lowest BCUT2D eigenvalue weighted by molar-refractivity contribution is 0.0927. The zero-order chi connectivity index (χ0) is 26.2. The van der Waals surface area contributed by atoms with E-state index in [0.29, 0.717) is 35.1 Å². The van der Waals surface area contributed by atoms with Crippen molar-refractivity contribution < 1.29 is 24.2 Å². The van der Waals surface area contributed by atoms with Crippen molar-refractivity contribution in [1.82, 2.24) is 15.6 Å². The SMILES string of the molecule is O=C(O)NCCCC(NC(=O)c1cccc(-c2ccc(CO)cc2)c1)c1ncc(-c2ccc(Cl)cc2)o1. The molecule has 4 aromatic rings. The molecule has 9 heteroatoms. The molecule has 0 aliphatic carbocycles. The van der Waals surface area contributed by atoms with Gasteiger partial charge in [-0.1, -0.05) is 48.0 Å². The summed E-state index contributed by atoms with van der Waals surface area (Å²) in [5.74, 6) is 0.545. The molecule has 0 spiro atoms. The third-order valence-corrected chi connectivity index (χ3v) is 6.05. The number of aliphatic hydroxyl groups excluding tert-OH is 1. The summed E-state index contributed by atoms with van der Waals surface area (Å²) in [6, 6.07) is 21.3. The van der Waals surface area contributed by atoms with Gasteiger partial charge >= 0.3 is 6.09 Å². The molecule has 0 radical (unpaired) electrons. The predicted octanol–water partition coefficient (Wildman–Crippen LogP) is 5.67. The third kappa shape index (κ3) is 6.97. The number of hydrogen-bond acceptors (Lipinski definition) is 5. The Hall–Kier alpha value is -4.14. The molecule has 1 heterocycles. The van der Waals surface area contributed by atoms with Gasteiger partial charge in [-0.15, -0.1) is 0 Å². The molecule has 0 fully saturated rings. The van der Waals surface area contributed by atoms with E-state index in [1.54, 1.807) is 36.5 Å². The van der Waals surface area contributed by atoms with Crippen molar-refractivity contribution in [2.45, 2.75) is 25.5 Å². The van der Waals surface area contributed by atoms with Crippen LogP contribution in [0.4, 0.5) is 4.79 Å². The van der Waals surface area contributed by atoms with Crippen LogP contribution in [0.2, 0.25) is 5.02 Å². The van der Waals surface area contributed by atoms with Crippen molar-refractivity contribution in [3.8, 4) is 22.5 Å². The first-order valence-electron chi connectivity index (χ1n) is 11.7. The largest absolute Gasteiger partial charge is 0.465 e. The fourth-order valence-electron chi connectivity index (χ4n) is 3.84. The van der Waals surface area contributed by atoms with Crippen LogP contribution >= 0.6 is 11.6 Å². The Kier molecular flexibility index (Phi) is 8.56. The average Bonchev–Trinajstić information content (AvgIpc) is 3.41.